The Balaban J connectivity index is 1.45. The highest BCUT2D eigenvalue weighted by atomic mass is 32.2. The van der Waals surface area contributed by atoms with Crippen molar-refractivity contribution in [3.05, 3.63) is 53.7 Å². The zero-order valence-corrected chi connectivity index (χ0v) is 19.1. The van der Waals surface area contributed by atoms with Gasteiger partial charge < -0.3 is 24.6 Å². The SMILES string of the molecule is CC(O)C1C(=O)N2C(C(=O)[O-])=C3C(Oc4cccc5c4-c4ccccc4S5(=O)=O)CCCC3C12. The highest BCUT2D eigenvalue weighted by Crippen LogP contribution is 2.54. The van der Waals surface area contributed by atoms with E-state index in [9.17, 15) is 28.2 Å². The third-order valence-electron chi connectivity index (χ3n) is 7.55. The number of β-lactam (4-membered cyclic amide) rings is 1. The Morgan fingerprint density at radius 2 is 1.88 bits per heavy atom. The number of carboxylic acids is 1. The van der Waals surface area contributed by atoms with Crippen LogP contribution in [-0.4, -0.2) is 48.6 Å². The molecule has 0 spiro atoms. The molecule has 4 aliphatic rings. The number of aliphatic carboxylic acids is 1. The third kappa shape index (κ3) is 2.65. The van der Waals surface area contributed by atoms with Crippen LogP contribution in [0.2, 0.25) is 0 Å². The van der Waals surface area contributed by atoms with Crippen molar-refractivity contribution in [3.63, 3.8) is 0 Å². The first-order valence-electron chi connectivity index (χ1n) is 11.3. The number of amides is 1. The molecule has 3 aliphatic heterocycles. The second-order valence-corrected chi connectivity index (χ2v) is 11.2. The lowest BCUT2D eigenvalue weighted by Gasteiger charge is -2.48. The molecule has 1 amide bonds. The van der Waals surface area contributed by atoms with Crippen LogP contribution < -0.4 is 9.84 Å². The molecule has 1 N–H and O–H groups in total. The van der Waals surface area contributed by atoms with Gasteiger partial charge in [-0.05, 0) is 44.4 Å². The fourth-order valence-corrected chi connectivity index (χ4v) is 7.92. The lowest BCUT2D eigenvalue weighted by atomic mass is 9.71. The van der Waals surface area contributed by atoms with Crippen molar-refractivity contribution < 1.29 is 33.0 Å². The summed E-state index contributed by atoms with van der Waals surface area (Å²) in [5.41, 5.74) is 1.35. The van der Waals surface area contributed by atoms with E-state index in [1.807, 2.05) is 0 Å². The molecule has 3 heterocycles. The molecular weight excluding hydrogens is 458 g/mol. The summed E-state index contributed by atoms with van der Waals surface area (Å²) in [4.78, 5) is 26.5. The number of hydrogen-bond acceptors (Lipinski definition) is 7. The van der Waals surface area contributed by atoms with Crippen LogP contribution in [0, 0.1) is 11.8 Å². The molecule has 6 rings (SSSR count). The number of aliphatic hydroxyl groups excluding tert-OH is 1. The van der Waals surface area contributed by atoms with Crippen LogP contribution in [-0.2, 0) is 19.4 Å². The minimum absolute atomic E-state index is 0.159. The van der Waals surface area contributed by atoms with Crippen molar-refractivity contribution in [1.82, 2.24) is 4.90 Å². The standard InChI is InChI=1S/C25H23NO7S/c1-12(27)19-22-14-7-4-8-16(21(14)23(25(29)30)26(22)24(19)28)33-15-9-5-11-18-20(15)13-6-2-3-10-17(13)34(18,31)32/h2-3,5-6,9-12,14,16,19,22,27H,4,7-8H2,1H3,(H,29,30)/p-1. The van der Waals surface area contributed by atoms with E-state index < -0.39 is 45.9 Å². The molecule has 9 heteroatoms. The van der Waals surface area contributed by atoms with Crippen LogP contribution in [0.1, 0.15) is 26.2 Å². The van der Waals surface area contributed by atoms with Crippen LogP contribution >= 0.6 is 0 Å². The van der Waals surface area contributed by atoms with Crippen molar-refractivity contribution in [1.29, 1.82) is 0 Å². The first-order chi connectivity index (χ1) is 16.2. The molecule has 2 aromatic rings. The summed E-state index contributed by atoms with van der Waals surface area (Å²) >= 11 is 0. The number of hydrogen-bond donors (Lipinski definition) is 1. The van der Waals surface area contributed by atoms with E-state index in [1.54, 1.807) is 49.4 Å². The number of fused-ring (bicyclic) bond motifs is 6. The monoisotopic (exact) mass is 480 g/mol. The van der Waals surface area contributed by atoms with Crippen LogP contribution in [0.4, 0.5) is 0 Å². The van der Waals surface area contributed by atoms with Crippen LogP contribution in [0.25, 0.3) is 11.1 Å². The number of aliphatic hydroxyl groups is 1. The molecule has 0 bridgehead atoms. The van der Waals surface area contributed by atoms with Gasteiger partial charge in [-0.25, -0.2) is 8.42 Å². The number of carbonyl (C=O) groups is 2. The number of ether oxygens (including phenoxy) is 1. The van der Waals surface area contributed by atoms with Crippen molar-refractivity contribution in [2.75, 3.05) is 0 Å². The topological polar surface area (TPSA) is 124 Å². The second-order valence-electron chi connectivity index (χ2n) is 9.33. The van der Waals surface area contributed by atoms with Gasteiger partial charge in [0.05, 0.1) is 39.5 Å². The molecule has 0 aromatic heterocycles. The van der Waals surface area contributed by atoms with Crippen LogP contribution in [0.3, 0.4) is 0 Å². The Labute approximate surface area is 196 Å². The molecule has 2 aromatic carbocycles. The lowest BCUT2D eigenvalue weighted by molar-refractivity contribution is -0.301. The predicted octanol–water partition coefficient (Wildman–Crippen LogP) is 1.27. The number of rotatable bonds is 4. The number of carbonyl (C=O) groups excluding carboxylic acids is 2. The molecule has 5 unspecified atom stereocenters. The average molecular weight is 481 g/mol. The van der Waals surface area contributed by atoms with Gasteiger partial charge in [-0.3, -0.25) is 4.79 Å². The smallest absolute Gasteiger partial charge is 0.235 e. The van der Waals surface area contributed by atoms with Crippen LogP contribution in [0.5, 0.6) is 5.75 Å². The zero-order chi connectivity index (χ0) is 23.9. The third-order valence-corrected chi connectivity index (χ3v) is 9.40. The van der Waals surface area contributed by atoms with Crippen molar-refractivity contribution in [2.24, 2.45) is 11.8 Å². The Morgan fingerprint density at radius 1 is 1.15 bits per heavy atom. The number of nitrogens with zero attached hydrogens (tertiary/aromatic N) is 1. The minimum Gasteiger partial charge on any atom is -0.543 e. The minimum atomic E-state index is -3.68. The Hall–Kier alpha value is -3.17. The quantitative estimate of drug-likeness (QED) is 0.558. The van der Waals surface area contributed by atoms with E-state index >= 15 is 0 Å². The largest absolute Gasteiger partial charge is 0.543 e. The van der Waals surface area contributed by atoms with Gasteiger partial charge in [0.15, 0.2) is 0 Å². The van der Waals surface area contributed by atoms with Crippen molar-refractivity contribution in [3.8, 4) is 16.9 Å². The normalized spacial score (nSPS) is 29.0. The van der Waals surface area contributed by atoms with Gasteiger partial charge >= 0.3 is 0 Å². The Morgan fingerprint density at radius 3 is 2.62 bits per heavy atom. The summed E-state index contributed by atoms with van der Waals surface area (Å²) in [6, 6.07) is 11.1. The Kier molecular flexibility index (Phi) is 4.50. The van der Waals surface area contributed by atoms with Gasteiger partial charge in [-0.1, -0.05) is 24.3 Å². The molecule has 176 valence electrons. The van der Waals surface area contributed by atoms with E-state index in [-0.39, 0.29) is 21.4 Å². The summed E-state index contributed by atoms with van der Waals surface area (Å²) in [5.74, 6) is -2.41. The summed E-state index contributed by atoms with van der Waals surface area (Å²) in [6.45, 7) is 1.54. The first-order valence-corrected chi connectivity index (χ1v) is 12.8. The van der Waals surface area contributed by atoms with Gasteiger partial charge in [0.1, 0.15) is 11.9 Å². The van der Waals surface area contributed by atoms with Gasteiger partial charge in [0.25, 0.3) is 0 Å². The summed E-state index contributed by atoms with van der Waals surface area (Å²) in [5, 5.41) is 22.3. The second kappa shape index (κ2) is 7.16. The molecule has 34 heavy (non-hydrogen) atoms. The number of sulfone groups is 1. The number of benzene rings is 2. The average Bonchev–Trinajstić information content (AvgIpc) is 3.22. The van der Waals surface area contributed by atoms with Gasteiger partial charge in [-0.15, -0.1) is 0 Å². The zero-order valence-electron chi connectivity index (χ0n) is 18.3. The van der Waals surface area contributed by atoms with Crippen LogP contribution in [0.15, 0.2) is 63.5 Å². The maximum atomic E-state index is 13.1. The van der Waals surface area contributed by atoms with E-state index in [4.69, 9.17) is 4.74 Å². The van der Waals surface area contributed by atoms with E-state index in [0.29, 0.717) is 35.3 Å². The summed E-state index contributed by atoms with van der Waals surface area (Å²) in [6.07, 6.45) is 0.398. The molecule has 1 saturated heterocycles. The highest BCUT2D eigenvalue weighted by Gasteiger charge is 2.61. The van der Waals surface area contributed by atoms with Gasteiger partial charge in [-0.2, -0.15) is 0 Å². The molecule has 0 radical (unpaired) electrons. The van der Waals surface area contributed by atoms with Gasteiger partial charge in [0, 0.05) is 22.6 Å². The highest BCUT2D eigenvalue weighted by molar-refractivity contribution is 7.92. The molecule has 2 fully saturated rings. The molecule has 1 aliphatic carbocycles. The van der Waals surface area contributed by atoms with Crippen molar-refractivity contribution >= 4 is 21.7 Å². The molecule has 8 nitrogen and oxygen atoms in total. The summed E-state index contributed by atoms with van der Waals surface area (Å²) < 4.78 is 32.5. The van der Waals surface area contributed by atoms with E-state index in [1.165, 1.54) is 4.90 Å². The first kappa shape index (κ1) is 21.4. The molecular formula is C25H22NO7S-. The van der Waals surface area contributed by atoms with Gasteiger partial charge in [0.2, 0.25) is 15.7 Å². The van der Waals surface area contributed by atoms with E-state index in [2.05, 4.69) is 0 Å². The maximum absolute atomic E-state index is 13.1. The fourth-order valence-electron chi connectivity index (χ4n) is 6.22. The molecule has 5 atom stereocenters. The Bertz CT molecular complexity index is 1390. The van der Waals surface area contributed by atoms with Crippen molar-refractivity contribution in [2.45, 2.75) is 54.2 Å². The summed E-state index contributed by atoms with van der Waals surface area (Å²) in [7, 11) is -3.68. The number of carboxylic acid groups (broad SMARTS) is 1. The molecule has 1 saturated carbocycles. The maximum Gasteiger partial charge on any atom is 0.235 e. The predicted molar refractivity (Wildman–Crippen MR) is 117 cm³/mol. The fraction of sp³-hybridized carbons (Fsp3) is 0.360. The van der Waals surface area contributed by atoms with E-state index in [0.717, 1.165) is 6.42 Å². The lowest BCUT2D eigenvalue weighted by Crippen LogP contribution is -2.64.